The van der Waals surface area contributed by atoms with E-state index in [2.05, 4.69) is 55.6 Å². The lowest BCUT2D eigenvalue weighted by Crippen LogP contribution is -2.45. The van der Waals surface area contributed by atoms with Gasteiger partial charge in [-0.05, 0) is 29.7 Å². The minimum atomic E-state index is 0.194. The first-order valence-corrected chi connectivity index (χ1v) is 10.4. The van der Waals surface area contributed by atoms with E-state index in [1.165, 1.54) is 11.1 Å². The van der Waals surface area contributed by atoms with Crippen LogP contribution in [0, 0.1) is 0 Å². The Hall–Kier alpha value is -3.26. The maximum atomic E-state index is 12.9. The molecular formula is C22H25N7O. The second kappa shape index (κ2) is 8.23. The van der Waals surface area contributed by atoms with Gasteiger partial charge in [-0.15, -0.1) is 0 Å². The highest BCUT2D eigenvalue weighted by Crippen LogP contribution is 2.19. The number of nitrogens with zero attached hydrogens (tertiary/aromatic N) is 6. The number of hydrogen-bond donors (Lipinski definition) is 1. The van der Waals surface area contributed by atoms with Gasteiger partial charge in [-0.3, -0.25) is 14.4 Å². The Balaban J connectivity index is 1.17. The summed E-state index contributed by atoms with van der Waals surface area (Å²) in [5.41, 5.74) is 4.75. The Labute approximate surface area is 175 Å². The fraction of sp³-hybridized carbons (Fsp3) is 0.364. The van der Waals surface area contributed by atoms with Crippen molar-refractivity contribution in [3.05, 3.63) is 71.3 Å². The van der Waals surface area contributed by atoms with Crippen LogP contribution in [-0.2, 0) is 37.4 Å². The average molecular weight is 403 g/mol. The Morgan fingerprint density at radius 3 is 2.70 bits per heavy atom. The molecule has 8 nitrogen and oxygen atoms in total. The van der Waals surface area contributed by atoms with Crippen LogP contribution in [0.5, 0.6) is 0 Å². The third kappa shape index (κ3) is 4.04. The van der Waals surface area contributed by atoms with Crippen LogP contribution in [-0.4, -0.2) is 55.1 Å². The molecule has 0 saturated heterocycles. The zero-order valence-corrected chi connectivity index (χ0v) is 16.9. The normalized spacial score (nSPS) is 16.1. The number of rotatable bonds is 5. The van der Waals surface area contributed by atoms with Gasteiger partial charge in [0.2, 0.25) is 11.9 Å². The molecule has 0 saturated carbocycles. The molecule has 0 bridgehead atoms. The number of fused-ring (bicyclic) bond motifs is 2. The number of aromatic nitrogens is 4. The summed E-state index contributed by atoms with van der Waals surface area (Å²) < 4.78 is 2.00. The number of nitrogens with one attached hydrogen (secondary N) is 1. The molecule has 5 rings (SSSR count). The Bertz CT molecular complexity index is 1030. The van der Waals surface area contributed by atoms with E-state index in [9.17, 15) is 4.79 Å². The van der Waals surface area contributed by atoms with Crippen molar-refractivity contribution in [2.75, 3.05) is 25.0 Å². The molecule has 2 aromatic heterocycles. The van der Waals surface area contributed by atoms with Crippen LogP contribution >= 0.6 is 0 Å². The van der Waals surface area contributed by atoms with E-state index in [1.54, 1.807) is 18.5 Å². The third-order valence-electron chi connectivity index (χ3n) is 5.76. The van der Waals surface area contributed by atoms with Crippen LogP contribution in [0.25, 0.3) is 0 Å². The molecule has 154 valence electrons. The molecule has 8 heteroatoms. The molecule has 2 aliphatic rings. The fourth-order valence-electron chi connectivity index (χ4n) is 4.17. The Morgan fingerprint density at radius 1 is 1.00 bits per heavy atom. The van der Waals surface area contributed by atoms with Crippen LogP contribution in [0.2, 0.25) is 0 Å². The van der Waals surface area contributed by atoms with Crippen molar-refractivity contribution < 1.29 is 4.79 Å². The standard InChI is InChI=1S/C22H25N7O/c30-21(16-27-9-6-17-4-1-2-5-18(17)14-27)28-10-11-29-20(15-28)12-19(26-29)13-25-22-23-7-3-8-24-22/h1-5,7-8,12H,6,9-11,13-16H2,(H,23,24,25). The van der Waals surface area contributed by atoms with Gasteiger partial charge in [0.1, 0.15) is 0 Å². The van der Waals surface area contributed by atoms with E-state index in [-0.39, 0.29) is 5.91 Å². The highest BCUT2D eigenvalue weighted by Gasteiger charge is 2.25. The molecule has 1 aromatic carbocycles. The molecule has 0 fully saturated rings. The number of anilines is 1. The quantitative estimate of drug-likeness (QED) is 0.698. The van der Waals surface area contributed by atoms with Gasteiger partial charge in [-0.1, -0.05) is 24.3 Å². The minimum Gasteiger partial charge on any atom is -0.348 e. The van der Waals surface area contributed by atoms with Crippen LogP contribution in [0.4, 0.5) is 5.95 Å². The van der Waals surface area contributed by atoms with Gasteiger partial charge in [-0.2, -0.15) is 5.10 Å². The van der Waals surface area contributed by atoms with E-state index in [0.717, 1.165) is 37.4 Å². The predicted octanol–water partition coefficient (Wildman–Crippen LogP) is 1.69. The molecule has 3 aromatic rings. The highest BCUT2D eigenvalue weighted by molar-refractivity contribution is 5.78. The maximum Gasteiger partial charge on any atom is 0.237 e. The van der Waals surface area contributed by atoms with E-state index in [1.807, 2.05) is 9.58 Å². The molecule has 0 spiro atoms. The minimum absolute atomic E-state index is 0.194. The van der Waals surface area contributed by atoms with Gasteiger partial charge in [0.25, 0.3) is 0 Å². The van der Waals surface area contributed by atoms with Crippen LogP contribution in [0.15, 0.2) is 48.8 Å². The molecular weight excluding hydrogens is 378 g/mol. The number of amides is 1. The first-order valence-electron chi connectivity index (χ1n) is 10.4. The van der Waals surface area contributed by atoms with E-state index < -0.39 is 0 Å². The molecule has 0 aliphatic carbocycles. The lowest BCUT2D eigenvalue weighted by Gasteiger charge is -2.32. The van der Waals surface area contributed by atoms with Crippen molar-refractivity contribution in [2.45, 2.75) is 32.6 Å². The van der Waals surface area contributed by atoms with Gasteiger partial charge in [-0.25, -0.2) is 9.97 Å². The second-order valence-electron chi connectivity index (χ2n) is 7.82. The van der Waals surface area contributed by atoms with Crippen molar-refractivity contribution >= 4 is 11.9 Å². The summed E-state index contributed by atoms with van der Waals surface area (Å²) in [4.78, 5) is 25.5. The summed E-state index contributed by atoms with van der Waals surface area (Å²) >= 11 is 0. The molecule has 0 radical (unpaired) electrons. The SMILES string of the molecule is O=C(CN1CCc2ccccc2C1)N1CCn2nc(CNc3ncccn3)cc2C1. The van der Waals surface area contributed by atoms with Crippen LogP contribution < -0.4 is 5.32 Å². The first-order chi connectivity index (χ1) is 14.7. The van der Waals surface area contributed by atoms with Crippen LogP contribution in [0.1, 0.15) is 22.5 Å². The molecule has 0 atom stereocenters. The summed E-state index contributed by atoms with van der Waals surface area (Å²) in [6.07, 6.45) is 4.42. The maximum absolute atomic E-state index is 12.9. The van der Waals surface area contributed by atoms with Crippen LogP contribution in [0.3, 0.4) is 0 Å². The number of carbonyl (C=O) groups is 1. The lowest BCUT2D eigenvalue weighted by atomic mass is 10.00. The summed E-state index contributed by atoms with van der Waals surface area (Å²) in [5.74, 6) is 0.780. The molecule has 4 heterocycles. The number of benzene rings is 1. The summed E-state index contributed by atoms with van der Waals surface area (Å²) in [6.45, 7) is 4.86. The zero-order valence-electron chi connectivity index (χ0n) is 16.9. The third-order valence-corrected chi connectivity index (χ3v) is 5.76. The smallest absolute Gasteiger partial charge is 0.237 e. The average Bonchev–Trinajstić information content (AvgIpc) is 3.20. The highest BCUT2D eigenvalue weighted by atomic mass is 16.2. The van der Waals surface area contributed by atoms with Gasteiger partial charge < -0.3 is 10.2 Å². The van der Waals surface area contributed by atoms with Gasteiger partial charge in [0.15, 0.2) is 0 Å². The summed E-state index contributed by atoms with van der Waals surface area (Å²) in [7, 11) is 0. The van der Waals surface area contributed by atoms with Crippen molar-refractivity contribution in [3.8, 4) is 0 Å². The number of carbonyl (C=O) groups excluding carboxylic acids is 1. The van der Waals surface area contributed by atoms with Gasteiger partial charge in [0.05, 0.1) is 37.6 Å². The van der Waals surface area contributed by atoms with Gasteiger partial charge >= 0.3 is 0 Å². The first kappa shape index (κ1) is 18.7. The molecule has 0 unspecified atom stereocenters. The summed E-state index contributed by atoms with van der Waals surface area (Å²) in [5, 5.41) is 7.83. The van der Waals surface area contributed by atoms with Crippen molar-refractivity contribution in [2.24, 2.45) is 0 Å². The topological polar surface area (TPSA) is 79.2 Å². The lowest BCUT2D eigenvalue weighted by molar-refractivity contribution is -0.134. The molecule has 30 heavy (non-hydrogen) atoms. The van der Waals surface area contributed by atoms with Crippen molar-refractivity contribution in [3.63, 3.8) is 0 Å². The molecule has 1 amide bonds. The second-order valence-corrected chi connectivity index (χ2v) is 7.82. The molecule has 1 N–H and O–H groups in total. The molecule has 2 aliphatic heterocycles. The monoisotopic (exact) mass is 403 g/mol. The van der Waals surface area contributed by atoms with E-state index in [0.29, 0.717) is 32.1 Å². The number of hydrogen-bond acceptors (Lipinski definition) is 6. The predicted molar refractivity (Wildman–Crippen MR) is 112 cm³/mol. The largest absolute Gasteiger partial charge is 0.348 e. The van der Waals surface area contributed by atoms with E-state index in [4.69, 9.17) is 0 Å². The zero-order chi connectivity index (χ0) is 20.3. The van der Waals surface area contributed by atoms with Gasteiger partial charge in [0, 0.05) is 32.0 Å². The van der Waals surface area contributed by atoms with Crippen molar-refractivity contribution in [1.82, 2.24) is 29.5 Å². The Morgan fingerprint density at radius 2 is 1.83 bits per heavy atom. The fourth-order valence-corrected chi connectivity index (χ4v) is 4.17. The Kier molecular flexibility index (Phi) is 5.15. The van der Waals surface area contributed by atoms with E-state index >= 15 is 0 Å². The summed E-state index contributed by atoms with van der Waals surface area (Å²) in [6, 6.07) is 12.4. The van der Waals surface area contributed by atoms with Crippen molar-refractivity contribution in [1.29, 1.82) is 0 Å².